The molecule has 0 radical (unpaired) electrons. The summed E-state index contributed by atoms with van der Waals surface area (Å²) in [6.07, 6.45) is 3.43. The Kier molecular flexibility index (Phi) is 3.91. The molecule has 114 valence electrons. The Morgan fingerprint density at radius 2 is 2.09 bits per heavy atom. The average Bonchev–Trinajstić information content (AvgIpc) is 2.88. The molecule has 0 aliphatic carbocycles. The molecule has 0 amide bonds. The summed E-state index contributed by atoms with van der Waals surface area (Å²) in [5, 5.41) is 7.61. The number of benzene rings is 1. The molecule has 1 atom stereocenters. The van der Waals surface area contributed by atoms with E-state index in [2.05, 4.69) is 15.4 Å². The Bertz CT molecular complexity index is 769. The summed E-state index contributed by atoms with van der Waals surface area (Å²) in [6, 6.07) is 7.97. The monoisotopic (exact) mass is 300 g/mol. The Morgan fingerprint density at radius 1 is 1.32 bits per heavy atom. The van der Waals surface area contributed by atoms with Gasteiger partial charge in [0.1, 0.15) is 23.2 Å². The summed E-state index contributed by atoms with van der Waals surface area (Å²) in [4.78, 5) is 4.33. The van der Waals surface area contributed by atoms with Crippen LogP contribution in [0, 0.1) is 12.7 Å². The van der Waals surface area contributed by atoms with Gasteiger partial charge >= 0.3 is 0 Å². The first-order valence-electron chi connectivity index (χ1n) is 7.09. The second-order valence-corrected chi connectivity index (χ2v) is 5.15. The van der Waals surface area contributed by atoms with Crippen molar-refractivity contribution in [3.8, 4) is 5.75 Å². The van der Waals surface area contributed by atoms with Crippen LogP contribution in [0.25, 0.3) is 5.52 Å². The zero-order valence-corrected chi connectivity index (χ0v) is 12.5. The highest BCUT2D eigenvalue weighted by atomic mass is 19.1. The molecule has 6 heteroatoms. The molecule has 2 aromatic heterocycles. The number of anilines is 1. The second kappa shape index (κ2) is 6.01. The third-order valence-electron chi connectivity index (χ3n) is 3.22. The summed E-state index contributed by atoms with van der Waals surface area (Å²) < 4.78 is 20.4. The zero-order chi connectivity index (χ0) is 15.5. The first kappa shape index (κ1) is 14.3. The minimum absolute atomic E-state index is 0.0865. The van der Waals surface area contributed by atoms with E-state index in [1.165, 1.54) is 12.1 Å². The van der Waals surface area contributed by atoms with E-state index in [0.29, 0.717) is 12.3 Å². The molecule has 0 saturated carbocycles. The second-order valence-electron chi connectivity index (χ2n) is 5.15. The van der Waals surface area contributed by atoms with E-state index in [9.17, 15) is 4.39 Å². The molecule has 0 aliphatic rings. The summed E-state index contributed by atoms with van der Waals surface area (Å²) in [5.41, 5.74) is 1.86. The minimum atomic E-state index is -0.273. The lowest BCUT2D eigenvalue weighted by atomic mass is 10.3. The van der Waals surface area contributed by atoms with Gasteiger partial charge in [-0.25, -0.2) is 13.9 Å². The van der Waals surface area contributed by atoms with Crippen molar-refractivity contribution in [2.75, 3.05) is 11.9 Å². The molecular formula is C16H17FN4O. The van der Waals surface area contributed by atoms with Crippen LogP contribution in [-0.2, 0) is 0 Å². The van der Waals surface area contributed by atoms with Gasteiger partial charge in [-0.3, -0.25) is 0 Å². The Balaban J connectivity index is 1.64. The van der Waals surface area contributed by atoms with Gasteiger partial charge in [0.15, 0.2) is 5.82 Å². The Hall–Kier alpha value is -2.63. The van der Waals surface area contributed by atoms with E-state index in [4.69, 9.17) is 4.74 Å². The highest BCUT2D eigenvalue weighted by molar-refractivity contribution is 5.67. The minimum Gasteiger partial charge on any atom is -0.489 e. The van der Waals surface area contributed by atoms with Gasteiger partial charge in [0.25, 0.3) is 0 Å². The highest BCUT2D eigenvalue weighted by Crippen LogP contribution is 2.16. The normalized spacial score (nSPS) is 12.3. The molecule has 1 unspecified atom stereocenters. The maximum atomic E-state index is 12.9. The first-order chi connectivity index (χ1) is 10.6. The fourth-order valence-electron chi connectivity index (χ4n) is 2.21. The third kappa shape index (κ3) is 3.16. The van der Waals surface area contributed by atoms with Gasteiger partial charge in [0.2, 0.25) is 0 Å². The summed E-state index contributed by atoms with van der Waals surface area (Å²) in [5.74, 6) is 1.13. The third-order valence-corrected chi connectivity index (χ3v) is 3.22. The predicted molar refractivity (Wildman–Crippen MR) is 82.7 cm³/mol. The molecule has 0 bridgehead atoms. The van der Waals surface area contributed by atoms with Crippen molar-refractivity contribution in [1.29, 1.82) is 0 Å². The number of ether oxygens (including phenoxy) is 1. The average molecular weight is 300 g/mol. The van der Waals surface area contributed by atoms with Crippen LogP contribution in [0.3, 0.4) is 0 Å². The molecule has 3 rings (SSSR count). The largest absolute Gasteiger partial charge is 0.489 e. The van der Waals surface area contributed by atoms with Gasteiger partial charge in [-0.05, 0) is 44.2 Å². The van der Waals surface area contributed by atoms with Crippen LogP contribution in [0.5, 0.6) is 5.75 Å². The quantitative estimate of drug-likeness (QED) is 0.787. The lowest BCUT2D eigenvalue weighted by Crippen LogP contribution is -2.23. The Labute approximate surface area is 127 Å². The SMILES string of the molecule is Cc1cc2c(NCC(C)Oc3ccc(F)cc3)nccn2n1. The van der Waals surface area contributed by atoms with Crippen molar-refractivity contribution in [1.82, 2.24) is 14.6 Å². The van der Waals surface area contributed by atoms with Crippen molar-refractivity contribution in [2.45, 2.75) is 20.0 Å². The standard InChI is InChI=1S/C16H17FN4O/c1-11-9-15-16(18-7-8-21(15)20-11)19-10-12(2)22-14-5-3-13(17)4-6-14/h3-9,12H,10H2,1-2H3,(H,18,19). The van der Waals surface area contributed by atoms with E-state index in [1.54, 1.807) is 22.8 Å². The van der Waals surface area contributed by atoms with Gasteiger partial charge < -0.3 is 10.1 Å². The van der Waals surface area contributed by atoms with Crippen LogP contribution in [0.15, 0.2) is 42.7 Å². The van der Waals surface area contributed by atoms with E-state index >= 15 is 0 Å². The van der Waals surface area contributed by atoms with Crippen LogP contribution >= 0.6 is 0 Å². The van der Waals surface area contributed by atoms with E-state index in [0.717, 1.165) is 17.0 Å². The molecule has 0 fully saturated rings. The molecule has 1 aromatic carbocycles. The molecule has 0 aliphatic heterocycles. The van der Waals surface area contributed by atoms with Crippen LogP contribution in [0.4, 0.5) is 10.2 Å². The molecule has 5 nitrogen and oxygen atoms in total. The van der Waals surface area contributed by atoms with Crippen molar-refractivity contribution < 1.29 is 9.13 Å². The van der Waals surface area contributed by atoms with Crippen molar-refractivity contribution in [3.05, 3.63) is 54.2 Å². The highest BCUT2D eigenvalue weighted by Gasteiger charge is 2.08. The lowest BCUT2D eigenvalue weighted by Gasteiger charge is -2.16. The van der Waals surface area contributed by atoms with Gasteiger partial charge in [0, 0.05) is 12.4 Å². The molecule has 22 heavy (non-hydrogen) atoms. The number of aryl methyl sites for hydroxylation is 1. The maximum Gasteiger partial charge on any atom is 0.152 e. The van der Waals surface area contributed by atoms with Crippen LogP contribution < -0.4 is 10.1 Å². The van der Waals surface area contributed by atoms with Crippen molar-refractivity contribution >= 4 is 11.3 Å². The van der Waals surface area contributed by atoms with Gasteiger partial charge in [-0.15, -0.1) is 0 Å². The fourth-order valence-corrected chi connectivity index (χ4v) is 2.21. The molecular weight excluding hydrogens is 283 g/mol. The van der Waals surface area contributed by atoms with Gasteiger partial charge in [-0.1, -0.05) is 0 Å². The number of rotatable bonds is 5. The number of aromatic nitrogens is 3. The first-order valence-corrected chi connectivity index (χ1v) is 7.09. The fraction of sp³-hybridized carbons (Fsp3) is 0.250. The molecule has 3 aromatic rings. The molecule has 0 saturated heterocycles. The van der Waals surface area contributed by atoms with Crippen molar-refractivity contribution in [2.24, 2.45) is 0 Å². The summed E-state index contributed by atoms with van der Waals surface area (Å²) in [6.45, 7) is 4.46. The summed E-state index contributed by atoms with van der Waals surface area (Å²) in [7, 11) is 0. The van der Waals surface area contributed by atoms with E-state index in [1.807, 2.05) is 26.1 Å². The van der Waals surface area contributed by atoms with Crippen LogP contribution in [0.2, 0.25) is 0 Å². The number of hydrogen-bond acceptors (Lipinski definition) is 4. The number of fused-ring (bicyclic) bond motifs is 1. The zero-order valence-electron chi connectivity index (χ0n) is 12.5. The molecule has 0 spiro atoms. The maximum absolute atomic E-state index is 12.9. The number of nitrogens with one attached hydrogen (secondary N) is 1. The number of halogens is 1. The Morgan fingerprint density at radius 3 is 2.86 bits per heavy atom. The summed E-state index contributed by atoms with van der Waals surface area (Å²) >= 11 is 0. The molecule has 2 heterocycles. The van der Waals surface area contributed by atoms with Gasteiger partial charge in [0.05, 0.1) is 12.2 Å². The van der Waals surface area contributed by atoms with Gasteiger partial charge in [-0.2, -0.15) is 5.10 Å². The van der Waals surface area contributed by atoms with E-state index < -0.39 is 0 Å². The number of hydrogen-bond donors (Lipinski definition) is 1. The predicted octanol–water partition coefficient (Wildman–Crippen LogP) is 3.06. The smallest absolute Gasteiger partial charge is 0.152 e. The lowest BCUT2D eigenvalue weighted by molar-refractivity contribution is 0.234. The van der Waals surface area contributed by atoms with Crippen LogP contribution in [-0.4, -0.2) is 27.2 Å². The topological polar surface area (TPSA) is 51.5 Å². The number of nitrogens with zero attached hydrogens (tertiary/aromatic N) is 3. The van der Waals surface area contributed by atoms with E-state index in [-0.39, 0.29) is 11.9 Å². The van der Waals surface area contributed by atoms with Crippen LogP contribution in [0.1, 0.15) is 12.6 Å². The van der Waals surface area contributed by atoms with Crippen molar-refractivity contribution in [3.63, 3.8) is 0 Å². The molecule has 1 N–H and O–H groups in total.